The van der Waals surface area contributed by atoms with Gasteiger partial charge in [-0.1, -0.05) is 102 Å². The minimum atomic E-state index is -4.20. The molecule has 0 fully saturated rings. The Morgan fingerprint density at radius 2 is 1.52 bits per heavy atom. The molecule has 1 N–H and O–H groups in total. The van der Waals surface area contributed by atoms with Crippen molar-refractivity contribution in [2.24, 2.45) is 5.92 Å². The molecule has 10 heteroatoms. The number of anilines is 1. The molecule has 0 spiro atoms. The fourth-order valence-electron chi connectivity index (χ4n) is 5.01. The van der Waals surface area contributed by atoms with Crippen molar-refractivity contribution >= 4 is 55.1 Å². The Morgan fingerprint density at radius 1 is 0.870 bits per heavy atom. The fourth-order valence-corrected chi connectivity index (χ4v) is 6.98. The molecule has 1 atom stereocenters. The number of amides is 2. The topological polar surface area (TPSA) is 86.8 Å². The summed E-state index contributed by atoms with van der Waals surface area (Å²) in [5, 5.41) is 3.45. The van der Waals surface area contributed by atoms with E-state index in [1.54, 1.807) is 37.3 Å². The first-order valence-corrected chi connectivity index (χ1v) is 17.7. The average Bonchev–Trinajstić information content (AvgIpc) is 3.02. The standard InChI is InChI=1S/C36H39BrClN3O4S/c1-25(2)22-39-36(43)34(21-28-8-6-5-7-9-28)40(23-29-12-14-30(37)15-13-29)35(42)24-41(33-19-16-31(38)20-27(33)4)46(44,45)32-17-10-26(3)11-18-32/h5-20,25,34H,21-24H2,1-4H3,(H,39,43)/t34-/m0/s1. The van der Waals surface area contributed by atoms with Crippen LogP contribution in [0.5, 0.6) is 0 Å². The Kier molecular flexibility index (Phi) is 12.1. The zero-order chi connectivity index (χ0) is 33.4. The predicted molar refractivity (Wildman–Crippen MR) is 188 cm³/mol. The fraction of sp³-hybridized carbons (Fsp3) is 0.278. The van der Waals surface area contributed by atoms with Gasteiger partial charge in [-0.15, -0.1) is 0 Å². The van der Waals surface area contributed by atoms with E-state index in [4.69, 9.17) is 11.6 Å². The highest BCUT2D eigenvalue weighted by atomic mass is 79.9. The molecule has 0 heterocycles. The smallest absolute Gasteiger partial charge is 0.264 e. The van der Waals surface area contributed by atoms with Crippen LogP contribution in [0.2, 0.25) is 5.02 Å². The van der Waals surface area contributed by atoms with Crippen molar-refractivity contribution in [3.8, 4) is 0 Å². The van der Waals surface area contributed by atoms with Crippen molar-refractivity contribution < 1.29 is 18.0 Å². The van der Waals surface area contributed by atoms with E-state index in [1.807, 2.05) is 75.4 Å². The Bertz CT molecular complexity index is 1750. The molecule has 7 nitrogen and oxygen atoms in total. The minimum absolute atomic E-state index is 0.0511. The summed E-state index contributed by atoms with van der Waals surface area (Å²) >= 11 is 9.70. The lowest BCUT2D eigenvalue weighted by molar-refractivity contribution is -0.140. The van der Waals surface area contributed by atoms with Crippen LogP contribution in [0.3, 0.4) is 0 Å². The van der Waals surface area contributed by atoms with Crippen LogP contribution in [0, 0.1) is 19.8 Å². The Hall–Kier alpha value is -3.66. The molecule has 46 heavy (non-hydrogen) atoms. The summed E-state index contributed by atoms with van der Waals surface area (Å²) in [6.45, 7) is 7.62. The molecule has 0 radical (unpaired) electrons. The molecule has 0 unspecified atom stereocenters. The number of nitrogens with one attached hydrogen (secondary N) is 1. The van der Waals surface area contributed by atoms with Crippen molar-refractivity contribution in [3.05, 3.63) is 129 Å². The number of aryl methyl sites for hydroxylation is 2. The molecule has 0 aromatic heterocycles. The third-order valence-electron chi connectivity index (χ3n) is 7.54. The normalized spacial score (nSPS) is 12.1. The molecule has 2 amide bonds. The van der Waals surface area contributed by atoms with Gasteiger partial charge in [-0.05, 0) is 78.9 Å². The van der Waals surface area contributed by atoms with Crippen LogP contribution in [-0.2, 0) is 32.6 Å². The SMILES string of the molecule is Cc1ccc(S(=O)(=O)N(CC(=O)N(Cc2ccc(Br)cc2)[C@@H](Cc2ccccc2)C(=O)NCC(C)C)c2ccc(Cl)cc2C)cc1. The molecule has 0 bridgehead atoms. The van der Waals surface area contributed by atoms with Gasteiger partial charge in [0.25, 0.3) is 10.0 Å². The number of hydrogen-bond donors (Lipinski definition) is 1. The summed E-state index contributed by atoms with van der Waals surface area (Å²) in [4.78, 5) is 30.0. The van der Waals surface area contributed by atoms with E-state index in [0.717, 1.165) is 25.5 Å². The van der Waals surface area contributed by atoms with Crippen LogP contribution in [0.1, 0.15) is 36.1 Å². The van der Waals surface area contributed by atoms with E-state index in [0.29, 0.717) is 22.8 Å². The van der Waals surface area contributed by atoms with Gasteiger partial charge in [-0.25, -0.2) is 8.42 Å². The van der Waals surface area contributed by atoms with Crippen LogP contribution >= 0.6 is 27.5 Å². The quantitative estimate of drug-likeness (QED) is 0.157. The van der Waals surface area contributed by atoms with E-state index in [9.17, 15) is 18.0 Å². The minimum Gasteiger partial charge on any atom is -0.354 e. The summed E-state index contributed by atoms with van der Waals surface area (Å²) in [5.41, 5.74) is 3.48. The lowest BCUT2D eigenvalue weighted by Crippen LogP contribution is -2.53. The van der Waals surface area contributed by atoms with Crippen molar-refractivity contribution in [1.29, 1.82) is 0 Å². The maximum atomic E-state index is 14.6. The highest BCUT2D eigenvalue weighted by Gasteiger charge is 2.35. The van der Waals surface area contributed by atoms with Crippen molar-refractivity contribution in [1.82, 2.24) is 10.2 Å². The summed E-state index contributed by atoms with van der Waals surface area (Å²) in [5.74, 6) is -0.632. The highest BCUT2D eigenvalue weighted by Crippen LogP contribution is 2.30. The highest BCUT2D eigenvalue weighted by molar-refractivity contribution is 9.10. The van der Waals surface area contributed by atoms with Crippen molar-refractivity contribution in [2.75, 3.05) is 17.4 Å². The molecule has 0 aliphatic carbocycles. The van der Waals surface area contributed by atoms with Crippen LogP contribution in [-0.4, -0.2) is 44.3 Å². The number of nitrogens with zero attached hydrogens (tertiary/aromatic N) is 2. The molecule has 242 valence electrons. The van der Waals surface area contributed by atoms with Crippen LogP contribution in [0.4, 0.5) is 5.69 Å². The number of sulfonamides is 1. The molecular weight excluding hydrogens is 686 g/mol. The number of rotatable bonds is 13. The summed E-state index contributed by atoms with van der Waals surface area (Å²) in [7, 11) is -4.20. The lowest BCUT2D eigenvalue weighted by Gasteiger charge is -2.34. The average molecular weight is 725 g/mol. The molecule has 4 aromatic rings. The number of carbonyl (C=O) groups is 2. The van der Waals surface area contributed by atoms with Gasteiger partial charge in [0.05, 0.1) is 10.6 Å². The van der Waals surface area contributed by atoms with Gasteiger partial charge in [0.1, 0.15) is 12.6 Å². The molecule has 4 aromatic carbocycles. The summed E-state index contributed by atoms with van der Waals surface area (Å²) in [6.07, 6.45) is 0.248. The van der Waals surface area contributed by atoms with Crippen LogP contribution in [0.25, 0.3) is 0 Å². The molecular formula is C36H39BrClN3O4S. The molecule has 4 rings (SSSR count). The predicted octanol–water partition coefficient (Wildman–Crippen LogP) is 7.33. The Balaban J connectivity index is 1.82. The Labute approximate surface area is 285 Å². The first kappa shape index (κ1) is 35.2. The van der Waals surface area contributed by atoms with Gasteiger partial charge in [0.15, 0.2) is 0 Å². The number of hydrogen-bond acceptors (Lipinski definition) is 4. The second-order valence-corrected chi connectivity index (χ2v) is 15.0. The van der Waals surface area contributed by atoms with Crippen LogP contribution < -0.4 is 9.62 Å². The maximum Gasteiger partial charge on any atom is 0.264 e. The van der Waals surface area contributed by atoms with E-state index >= 15 is 0 Å². The van der Waals surface area contributed by atoms with E-state index in [2.05, 4.69) is 21.2 Å². The van der Waals surface area contributed by atoms with Crippen LogP contribution in [0.15, 0.2) is 106 Å². The molecule has 0 saturated heterocycles. The summed E-state index contributed by atoms with van der Waals surface area (Å²) < 4.78 is 30.5. The monoisotopic (exact) mass is 723 g/mol. The number of benzene rings is 4. The second kappa shape index (κ2) is 15.8. The van der Waals surface area contributed by atoms with Gasteiger partial charge < -0.3 is 10.2 Å². The lowest BCUT2D eigenvalue weighted by atomic mass is 10.0. The first-order valence-electron chi connectivity index (χ1n) is 15.1. The molecule has 0 aliphatic heterocycles. The number of halogens is 2. The van der Waals surface area contributed by atoms with Gasteiger partial charge >= 0.3 is 0 Å². The van der Waals surface area contributed by atoms with E-state index < -0.39 is 28.5 Å². The van der Waals surface area contributed by atoms with Crippen molar-refractivity contribution in [3.63, 3.8) is 0 Å². The maximum absolute atomic E-state index is 14.6. The largest absolute Gasteiger partial charge is 0.354 e. The van der Waals surface area contributed by atoms with Gasteiger partial charge in [-0.3, -0.25) is 13.9 Å². The van der Waals surface area contributed by atoms with E-state index in [1.165, 1.54) is 17.0 Å². The van der Waals surface area contributed by atoms with Gasteiger partial charge in [0.2, 0.25) is 11.8 Å². The molecule has 0 saturated carbocycles. The Morgan fingerprint density at radius 3 is 2.13 bits per heavy atom. The number of carbonyl (C=O) groups excluding carboxylic acids is 2. The zero-order valence-corrected chi connectivity index (χ0v) is 29.6. The molecule has 0 aliphatic rings. The van der Waals surface area contributed by atoms with E-state index in [-0.39, 0.29) is 29.7 Å². The van der Waals surface area contributed by atoms with Gasteiger partial charge in [0, 0.05) is 29.0 Å². The van der Waals surface area contributed by atoms with Gasteiger partial charge in [-0.2, -0.15) is 0 Å². The van der Waals surface area contributed by atoms with Crippen molar-refractivity contribution in [2.45, 2.75) is 51.6 Å². The third kappa shape index (κ3) is 9.21. The zero-order valence-electron chi connectivity index (χ0n) is 26.4. The first-order chi connectivity index (χ1) is 21.8. The summed E-state index contributed by atoms with van der Waals surface area (Å²) in [6, 6.07) is 27.4. The second-order valence-electron chi connectivity index (χ2n) is 11.7. The third-order valence-corrected chi connectivity index (χ3v) is 10.1.